The van der Waals surface area contributed by atoms with Gasteiger partial charge in [-0.25, -0.2) is 13.6 Å². The lowest BCUT2D eigenvalue weighted by Gasteiger charge is -2.06. The molecule has 0 aliphatic carbocycles. The molecule has 0 radical (unpaired) electrons. The van der Waals surface area contributed by atoms with Crippen LogP contribution in [-0.4, -0.2) is 17.6 Å². The Balaban J connectivity index is 2.33. The second-order valence-corrected chi connectivity index (χ2v) is 4.77. The zero-order valence-corrected chi connectivity index (χ0v) is 11.8. The fourth-order valence-corrected chi connectivity index (χ4v) is 2.46. The molecule has 1 aromatic heterocycles. The van der Waals surface area contributed by atoms with Gasteiger partial charge in [-0.05, 0) is 31.2 Å². The number of H-pyrrole nitrogens is 1. The van der Waals surface area contributed by atoms with Gasteiger partial charge in [-0.15, -0.1) is 0 Å². The lowest BCUT2D eigenvalue weighted by Crippen LogP contribution is -2.06. The van der Waals surface area contributed by atoms with Crippen LogP contribution in [0.15, 0.2) is 42.5 Å². The van der Waals surface area contributed by atoms with Crippen LogP contribution in [0, 0.1) is 11.6 Å². The third-order valence-electron chi connectivity index (χ3n) is 3.38. The average molecular weight is 301 g/mol. The summed E-state index contributed by atoms with van der Waals surface area (Å²) < 4.78 is 32.7. The van der Waals surface area contributed by atoms with E-state index < -0.39 is 17.6 Å². The molecule has 0 saturated carbocycles. The maximum Gasteiger partial charge on any atom is 0.355 e. The van der Waals surface area contributed by atoms with Crippen LogP contribution >= 0.6 is 0 Å². The van der Waals surface area contributed by atoms with Crippen LogP contribution in [0.4, 0.5) is 8.78 Å². The molecule has 0 atom stereocenters. The van der Waals surface area contributed by atoms with E-state index in [1.165, 1.54) is 24.3 Å². The largest absolute Gasteiger partial charge is 0.461 e. The molecule has 1 heterocycles. The highest BCUT2D eigenvalue weighted by Gasteiger charge is 2.22. The third kappa shape index (κ3) is 2.35. The number of aromatic nitrogens is 1. The quantitative estimate of drug-likeness (QED) is 0.733. The van der Waals surface area contributed by atoms with Crippen LogP contribution in [-0.2, 0) is 4.74 Å². The Morgan fingerprint density at radius 2 is 1.95 bits per heavy atom. The maximum atomic E-state index is 14.2. The van der Waals surface area contributed by atoms with Gasteiger partial charge in [0.1, 0.15) is 17.3 Å². The Hall–Kier alpha value is -2.69. The summed E-state index contributed by atoms with van der Waals surface area (Å²) in [6.07, 6.45) is 0. The fraction of sp³-hybridized carbons (Fsp3) is 0.118. The highest BCUT2D eigenvalue weighted by molar-refractivity contribution is 6.08. The number of benzene rings is 2. The Morgan fingerprint density at radius 3 is 2.68 bits per heavy atom. The van der Waals surface area contributed by atoms with Gasteiger partial charge < -0.3 is 9.72 Å². The first-order valence-electron chi connectivity index (χ1n) is 6.85. The molecule has 22 heavy (non-hydrogen) atoms. The van der Waals surface area contributed by atoms with E-state index in [1.54, 1.807) is 25.1 Å². The number of nitrogens with one attached hydrogen (secondary N) is 1. The molecular formula is C17H13F2NO2. The molecule has 3 rings (SSSR count). The molecule has 0 amide bonds. The summed E-state index contributed by atoms with van der Waals surface area (Å²) in [6.45, 7) is 1.88. The number of aromatic amines is 1. The van der Waals surface area contributed by atoms with E-state index >= 15 is 0 Å². The normalized spacial score (nSPS) is 10.9. The summed E-state index contributed by atoms with van der Waals surface area (Å²) >= 11 is 0. The first kappa shape index (κ1) is 14.3. The van der Waals surface area contributed by atoms with Crippen molar-refractivity contribution in [2.45, 2.75) is 6.92 Å². The summed E-state index contributed by atoms with van der Waals surface area (Å²) in [4.78, 5) is 15.0. The molecule has 3 nitrogen and oxygen atoms in total. The number of carbonyl (C=O) groups is 1. The number of rotatable bonds is 3. The van der Waals surface area contributed by atoms with Gasteiger partial charge >= 0.3 is 5.97 Å². The third-order valence-corrected chi connectivity index (χ3v) is 3.38. The second-order valence-electron chi connectivity index (χ2n) is 4.77. The van der Waals surface area contributed by atoms with Crippen LogP contribution in [0.1, 0.15) is 17.4 Å². The monoisotopic (exact) mass is 301 g/mol. The fourth-order valence-electron chi connectivity index (χ4n) is 2.46. The van der Waals surface area contributed by atoms with Crippen LogP contribution in [0.5, 0.6) is 0 Å². The number of carbonyl (C=O) groups excluding carboxylic acids is 1. The molecule has 2 aromatic carbocycles. The molecule has 5 heteroatoms. The standard InChI is InChI=1S/C17H13F2NO2/c1-2-22-17(21)16-15(11-5-3-4-6-13(11)19)12-9-10(18)7-8-14(12)20-16/h3-9,20H,2H2,1H3. The van der Waals surface area contributed by atoms with Gasteiger partial charge in [0.2, 0.25) is 0 Å². The number of ether oxygens (including phenoxy) is 1. The van der Waals surface area contributed by atoms with Crippen LogP contribution in [0.2, 0.25) is 0 Å². The molecule has 1 N–H and O–H groups in total. The smallest absolute Gasteiger partial charge is 0.355 e. The molecule has 0 aliphatic rings. The summed E-state index contributed by atoms with van der Waals surface area (Å²) in [5.74, 6) is -1.55. The molecule has 0 bridgehead atoms. The number of hydrogen-bond donors (Lipinski definition) is 1. The molecule has 0 aliphatic heterocycles. The molecule has 0 saturated heterocycles. The Bertz CT molecular complexity index is 855. The Morgan fingerprint density at radius 1 is 1.18 bits per heavy atom. The van der Waals surface area contributed by atoms with E-state index in [0.29, 0.717) is 16.5 Å². The van der Waals surface area contributed by atoms with E-state index in [0.717, 1.165) is 0 Å². The minimum Gasteiger partial charge on any atom is -0.461 e. The van der Waals surface area contributed by atoms with Crippen molar-refractivity contribution in [3.63, 3.8) is 0 Å². The minimum atomic E-state index is -0.600. The molecule has 0 fully saturated rings. The van der Waals surface area contributed by atoms with Crippen LogP contribution < -0.4 is 0 Å². The number of esters is 1. The van der Waals surface area contributed by atoms with Gasteiger partial charge in [0.25, 0.3) is 0 Å². The van der Waals surface area contributed by atoms with Crippen molar-refractivity contribution >= 4 is 16.9 Å². The molecule has 3 aromatic rings. The van der Waals surface area contributed by atoms with Crippen molar-refractivity contribution < 1.29 is 18.3 Å². The first-order valence-corrected chi connectivity index (χ1v) is 6.85. The van der Waals surface area contributed by atoms with Gasteiger partial charge in [-0.2, -0.15) is 0 Å². The van der Waals surface area contributed by atoms with E-state index in [9.17, 15) is 13.6 Å². The highest BCUT2D eigenvalue weighted by atomic mass is 19.1. The second kappa shape index (κ2) is 5.60. The van der Waals surface area contributed by atoms with E-state index in [-0.39, 0.29) is 17.9 Å². The van der Waals surface area contributed by atoms with E-state index in [2.05, 4.69) is 4.98 Å². The van der Waals surface area contributed by atoms with Crippen molar-refractivity contribution in [1.29, 1.82) is 0 Å². The zero-order chi connectivity index (χ0) is 15.7. The van der Waals surface area contributed by atoms with Crippen LogP contribution in [0.3, 0.4) is 0 Å². The lowest BCUT2D eigenvalue weighted by atomic mass is 10.0. The van der Waals surface area contributed by atoms with Gasteiger partial charge in [0, 0.05) is 22.0 Å². The van der Waals surface area contributed by atoms with Crippen molar-refractivity contribution in [2.75, 3.05) is 6.61 Å². The van der Waals surface area contributed by atoms with Crippen molar-refractivity contribution in [3.05, 3.63) is 59.8 Å². The van der Waals surface area contributed by atoms with Gasteiger partial charge in [0.05, 0.1) is 6.61 Å². The van der Waals surface area contributed by atoms with Crippen LogP contribution in [0.25, 0.3) is 22.0 Å². The van der Waals surface area contributed by atoms with Crippen molar-refractivity contribution in [2.24, 2.45) is 0 Å². The summed E-state index contributed by atoms with van der Waals surface area (Å²) in [6, 6.07) is 10.1. The SMILES string of the molecule is CCOC(=O)c1[nH]c2ccc(F)cc2c1-c1ccccc1F. The summed E-state index contributed by atoms with van der Waals surface area (Å²) in [7, 11) is 0. The average Bonchev–Trinajstić information content (AvgIpc) is 2.86. The summed E-state index contributed by atoms with van der Waals surface area (Å²) in [5.41, 5.74) is 1.20. The van der Waals surface area contributed by atoms with Crippen molar-refractivity contribution in [1.82, 2.24) is 4.98 Å². The van der Waals surface area contributed by atoms with Crippen molar-refractivity contribution in [3.8, 4) is 11.1 Å². The van der Waals surface area contributed by atoms with Gasteiger partial charge in [0.15, 0.2) is 0 Å². The predicted octanol–water partition coefficient (Wildman–Crippen LogP) is 4.29. The minimum absolute atomic E-state index is 0.118. The highest BCUT2D eigenvalue weighted by Crippen LogP contribution is 2.34. The first-order chi connectivity index (χ1) is 10.6. The van der Waals surface area contributed by atoms with Gasteiger partial charge in [-0.1, -0.05) is 18.2 Å². The van der Waals surface area contributed by atoms with Gasteiger partial charge in [-0.3, -0.25) is 0 Å². The lowest BCUT2D eigenvalue weighted by molar-refractivity contribution is 0.0521. The number of halogens is 2. The maximum absolute atomic E-state index is 14.2. The van der Waals surface area contributed by atoms with E-state index in [1.807, 2.05) is 0 Å². The number of hydrogen-bond acceptors (Lipinski definition) is 2. The number of fused-ring (bicyclic) bond motifs is 1. The topological polar surface area (TPSA) is 42.1 Å². The predicted molar refractivity (Wildman–Crippen MR) is 79.6 cm³/mol. The Labute approximate surface area is 125 Å². The molecule has 112 valence electrons. The zero-order valence-electron chi connectivity index (χ0n) is 11.8. The van der Waals surface area contributed by atoms with E-state index in [4.69, 9.17) is 4.74 Å². The molecule has 0 spiro atoms. The molecular weight excluding hydrogens is 288 g/mol. The Kier molecular flexibility index (Phi) is 3.63. The molecule has 0 unspecified atom stereocenters. The summed E-state index contributed by atoms with van der Waals surface area (Å²) in [5, 5.41) is 0.438.